The first-order valence-corrected chi connectivity index (χ1v) is 9.01. The zero-order chi connectivity index (χ0) is 18.6. The molecule has 1 saturated heterocycles. The third-order valence-electron chi connectivity index (χ3n) is 4.72. The Morgan fingerprint density at radius 1 is 1.15 bits per heavy atom. The van der Waals surface area contributed by atoms with Crippen LogP contribution >= 0.6 is 0 Å². The molecule has 1 aliphatic rings. The minimum atomic E-state index is -0.245. The van der Waals surface area contributed by atoms with Gasteiger partial charge in [0.15, 0.2) is 17.1 Å². The molecule has 0 atom stereocenters. The van der Waals surface area contributed by atoms with E-state index in [1.54, 1.807) is 13.2 Å². The van der Waals surface area contributed by atoms with E-state index in [1.165, 1.54) is 5.69 Å². The van der Waals surface area contributed by atoms with Crippen LogP contribution in [0, 0.1) is 0 Å². The van der Waals surface area contributed by atoms with Crippen LogP contribution in [0.1, 0.15) is 16.1 Å². The van der Waals surface area contributed by atoms with Crippen molar-refractivity contribution in [1.29, 1.82) is 0 Å². The number of anilines is 1. The van der Waals surface area contributed by atoms with Crippen LogP contribution in [0.2, 0.25) is 0 Å². The largest absolute Gasteiger partial charge is 0.493 e. The molecule has 0 saturated carbocycles. The van der Waals surface area contributed by atoms with E-state index in [9.17, 15) is 4.79 Å². The number of amides is 1. The number of para-hydroxylation sites is 1. The van der Waals surface area contributed by atoms with E-state index in [0.29, 0.717) is 17.9 Å². The number of fused-ring (bicyclic) bond motifs is 1. The molecule has 3 aromatic rings. The molecule has 2 aromatic carbocycles. The molecule has 1 fully saturated rings. The van der Waals surface area contributed by atoms with E-state index in [4.69, 9.17) is 13.9 Å². The molecular weight excluding hydrogens is 344 g/mol. The number of ether oxygens (including phenoxy) is 2. The number of hydrogen-bond acceptors (Lipinski definition) is 5. The van der Waals surface area contributed by atoms with Gasteiger partial charge in [0.1, 0.15) is 0 Å². The number of carbonyl (C=O) groups is 1. The molecule has 1 aromatic heterocycles. The average molecular weight is 366 g/mol. The first-order valence-electron chi connectivity index (χ1n) is 9.01. The van der Waals surface area contributed by atoms with Crippen LogP contribution in [-0.4, -0.2) is 39.3 Å². The molecular formula is C21H22N2O4. The summed E-state index contributed by atoms with van der Waals surface area (Å²) >= 11 is 0. The number of carbonyl (C=O) groups excluding carboxylic acids is 1. The lowest BCUT2D eigenvalue weighted by Gasteiger charge is -2.28. The van der Waals surface area contributed by atoms with Crippen LogP contribution in [0.5, 0.6) is 5.75 Å². The second kappa shape index (κ2) is 7.72. The summed E-state index contributed by atoms with van der Waals surface area (Å²) in [7, 11) is 1.58. The number of hydrogen-bond donors (Lipinski definition) is 1. The maximum Gasteiger partial charge on any atom is 0.287 e. The van der Waals surface area contributed by atoms with Crippen LogP contribution < -0.4 is 15.0 Å². The molecule has 6 heteroatoms. The van der Waals surface area contributed by atoms with Crippen molar-refractivity contribution in [2.24, 2.45) is 0 Å². The maximum atomic E-state index is 12.4. The van der Waals surface area contributed by atoms with E-state index in [1.807, 2.05) is 30.3 Å². The molecule has 27 heavy (non-hydrogen) atoms. The highest BCUT2D eigenvalue weighted by Crippen LogP contribution is 2.28. The predicted octanol–water partition coefficient (Wildman–Crippen LogP) is 3.21. The summed E-state index contributed by atoms with van der Waals surface area (Å²) in [5.74, 6) is 0.648. The topological polar surface area (TPSA) is 63.9 Å². The van der Waals surface area contributed by atoms with Gasteiger partial charge in [-0.3, -0.25) is 4.79 Å². The Hall–Kier alpha value is -2.99. The van der Waals surface area contributed by atoms with Crippen LogP contribution in [-0.2, 0) is 11.3 Å². The molecule has 0 unspecified atom stereocenters. The van der Waals surface area contributed by atoms with Gasteiger partial charge >= 0.3 is 0 Å². The minimum Gasteiger partial charge on any atom is -0.493 e. The Kier molecular flexibility index (Phi) is 4.98. The number of furan rings is 1. The zero-order valence-electron chi connectivity index (χ0n) is 15.2. The third kappa shape index (κ3) is 3.75. The number of benzene rings is 2. The van der Waals surface area contributed by atoms with Crippen molar-refractivity contribution in [2.75, 3.05) is 38.3 Å². The average Bonchev–Trinajstić information content (AvgIpc) is 3.17. The van der Waals surface area contributed by atoms with Crippen molar-refractivity contribution < 1.29 is 18.7 Å². The monoisotopic (exact) mass is 366 g/mol. The normalized spacial score (nSPS) is 14.3. The summed E-state index contributed by atoms with van der Waals surface area (Å²) in [6, 6.07) is 15.5. The Morgan fingerprint density at radius 3 is 2.67 bits per heavy atom. The van der Waals surface area contributed by atoms with Gasteiger partial charge in [0, 0.05) is 30.7 Å². The molecule has 1 aliphatic heterocycles. The van der Waals surface area contributed by atoms with E-state index in [2.05, 4.69) is 22.3 Å². The van der Waals surface area contributed by atoms with Gasteiger partial charge in [-0.05, 0) is 29.8 Å². The van der Waals surface area contributed by atoms with Gasteiger partial charge in [-0.1, -0.05) is 24.3 Å². The molecule has 2 heterocycles. The van der Waals surface area contributed by atoms with Crippen LogP contribution in [0.25, 0.3) is 11.0 Å². The lowest BCUT2D eigenvalue weighted by atomic mass is 10.2. The summed E-state index contributed by atoms with van der Waals surface area (Å²) in [4.78, 5) is 14.7. The summed E-state index contributed by atoms with van der Waals surface area (Å²) in [5.41, 5.74) is 2.80. The van der Waals surface area contributed by atoms with E-state index < -0.39 is 0 Å². The van der Waals surface area contributed by atoms with Gasteiger partial charge in [-0.2, -0.15) is 0 Å². The number of nitrogens with zero attached hydrogens (tertiary/aromatic N) is 1. The molecule has 4 rings (SSSR count). The number of nitrogens with one attached hydrogen (secondary N) is 1. The molecule has 140 valence electrons. The smallest absolute Gasteiger partial charge is 0.287 e. The SMILES string of the molecule is COc1cccc2cc(C(=O)NCc3ccc(N4CCOCC4)cc3)oc12. The van der Waals surface area contributed by atoms with Gasteiger partial charge in [-0.25, -0.2) is 0 Å². The summed E-state index contributed by atoms with van der Waals surface area (Å²) < 4.78 is 16.3. The highest BCUT2D eigenvalue weighted by molar-refractivity contribution is 5.97. The molecule has 1 amide bonds. The Morgan fingerprint density at radius 2 is 1.93 bits per heavy atom. The minimum absolute atomic E-state index is 0.245. The second-order valence-electron chi connectivity index (χ2n) is 6.44. The van der Waals surface area contributed by atoms with Crippen LogP contribution in [0.3, 0.4) is 0 Å². The third-order valence-corrected chi connectivity index (χ3v) is 4.72. The second-order valence-corrected chi connectivity index (χ2v) is 6.44. The van der Waals surface area contributed by atoms with E-state index >= 15 is 0 Å². The maximum absolute atomic E-state index is 12.4. The molecule has 0 spiro atoms. The van der Waals surface area contributed by atoms with Gasteiger partial charge < -0.3 is 24.1 Å². The summed E-state index contributed by atoms with van der Waals surface area (Å²) in [6.45, 7) is 3.79. The number of rotatable bonds is 5. The highest BCUT2D eigenvalue weighted by atomic mass is 16.5. The quantitative estimate of drug-likeness (QED) is 0.751. The Bertz CT molecular complexity index is 927. The number of methoxy groups -OCH3 is 1. The molecule has 1 N–H and O–H groups in total. The van der Waals surface area contributed by atoms with E-state index in [0.717, 1.165) is 37.3 Å². The van der Waals surface area contributed by atoms with Gasteiger partial charge in [-0.15, -0.1) is 0 Å². The zero-order valence-corrected chi connectivity index (χ0v) is 15.2. The van der Waals surface area contributed by atoms with E-state index in [-0.39, 0.29) is 11.7 Å². The number of morpholine rings is 1. The Balaban J connectivity index is 1.40. The summed E-state index contributed by atoms with van der Waals surface area (Å²) in [6.07, 6.45) is 0. The van der Waals surface area contributed by atoms with Crippen molar-refractivity contribution in [3.63, 3.8) is 0 Å². The fourth-order valence-electron chi connectivity index (χ4n) is 3.22. The van der Waals surface area contributed by atoms with Crippen LogP contribution in [0.4, 0.5) is 5.69 Å². The summed E-state index contributed by atoms with van der Waals surface area (Å²) in [5, 5.41) is 3.75. The van der Waals surface area contributed by atoms with Gasteiger partial charge in [0.25, 0.3) is 5.91 Å². The first-order chi connectivity index (χ1) is 13.2. The highest BCUT2D eigenvalue weighted by Gasteiger charge is 2.15. The Labute approximate surface area is 157 Å². The fourth-order valence-corrected chi connectivity index (χ4v) is 3.22. The van der Waals surface area contributed by atoms with Gasteiger partial charge in [0.05, 0.1) is 20.3 Å². The van der Waals surface area contributed by atoms with Crippen molar-refractivity contribution >= 4 is 22.6 Å². The fraction of sp³-hybridized carbons (Fsp3) is 0.286. The van der Waals surface area contributed by atoms with Crippen molar-refractivity contribution in [2.45, 2.75) is 6.54 Å². The first kappa shape index (κ1) is 17.4. The molecule has 0 aliphatic carbocycles. The van der Waals surface area contributed by atoms with Crippen molar-refractivity contribution in [1.82, 2.24) is 5.32 Å². The van der Waals surface area contributed by atoms with Crippen molar-refractivity contribution in [3.05, 3.63) is 59.9 Å². The van der Waals surface area contributed by atoms with Crippen molar-refractivity contribution in [3.8, 4) is 5.75 Å². The molecule has 0 radical (unpaired) electrons. The molecule has 0 bridgehead atoms. The lowest BCUT2D eigenvalue weighted by Crippen LogP contribution is -2.36. The van der Waals surface area contributed by atoms with Gasteiger partial charge in [0.2, 0.25) is 0 Å². The van der Waals surface area contributed by atoms with Crippen LogP contribution in [0.15, 0.2) is 52.9 Å². The standard InChI is InChI=1S/C21H22N2O4/c1-25-18-4-2-3-16-13-19(27-20(16)18)21(24)22-14-15-5-7-17(8-6-15)23-9-11-26-12-10-23/h2-8,13H,9-12,14H2,1H3,(H,22,24). The predicted molar refractivity (Wildman–Crippen MR) is 103 cm³/mol. The molecule has 6 nitrogen and oxygen atoms in total. The lowest BCUT2D eigenvalue weighted by molar-refractivity contribution is 0.0925.